The van der Waals surface area contributed by atoms with Gasteiger partial charge in [0.05, 0.1) is 6.61 Å². The Morgan fingerprint density at radius 3 is 2.54 bits per heavy atom. The number of pyridine rings is 1. The molecule has 178 valence electrons. The maximum absolute atomic E-state index is 14.2. The predicted octanol–water partition coefficient (Wildman–Crippen LogP) is 4.20. The molecule has 0 bridgehead atoms. The molecule has 2 heterocycles. The number of nitrogens with zero attached hydrogens (tertiary/aromatic N) is 3. The van der Waals surface area contributed by atoms with Crippen molar-refractivity contribution in [3.05, 3.63) is 106 Å². The average Bonchev–Trinajstić information content (AvgIpc) is 2.85. The fourth-order valence-electron chi connectivity index (χ4n) is 3.35. The van der Waals surface area contributed by atoms with Crippen molar-refractivity contribution in [2.45, 2.75) is 20.4 Å². The van der Waals surface area contributed by atoms with Gasteiger partial charge in [-0.25, -0.2) is 14.1 Å². The lowest BCUT2D eigenvalue weighted by atomic mass is 10.2. The van der Waals surface area contributed by atoms with Gasteiger partial charge < -0.3 is 14.8 Å². The number of halogens is 1. The number of hydrogen-bond donors (Lipinski definition) is 1. The van der Waals surface area contributed by atoms with E-state index in [1.54, 1.807) is 61.7 Å². The second-order valence-corrected chi connectivity index (χ2v) is 7.55. The number of ether oxygens (including phenoxy) is 2. The van der Waals surface area contributed by atoms with E-state index in [4.69, 9.17) is 9.47 Å². The van der Waals surface area contributed by atoms with E-state index >= 15 is 0 Å². The second-order valence-electron chi connectivity index (χ2n) is 7.55. The number of nitrogens with one attached hydrogen (secondary N) is 1. The summed E-state index contributed by atoms with van der Waals surface area (Å²) >= 11 is 0. The monoisotopic (exact) mass is 474 g/mol. The van der Waals surface area contributed by atoms with Crippen LogP contribution in [-0.4, -0.2) is 27.3 Å². The number of carbonyl (C=O) groups excluding carboxylic acids is 1. The fourth-order valence-corrected chi connectivity index (χ4v) is 3.35. The van der Waals surface area contributed by atoms with E-state index in [1.165, 1.54) is 22.9 Å². The van der Waals surface area contributed by atoms with Gasteiger partial charge in [-0.15, -0.1) is 0 Å². The number of hydrogen-bond acceptors (Lipinski definition) is 6. The molecule has 0 fully saturated rings. The summed E-state index contributed by atoms with van der Waals surface area (Å²) in [4.78, 5) is 29.3. The van der Waals surface area contributed by atoms with E-state index in [1.807, 2.05) is 6.92 Å². The fraction of sp³-hybridized carbons (Fsp3) is 0.154. The SMILES string of the molecule is CCOc1ccc(Oc2cc(CNC(=O)c3nn(-c4ccccc4F)c(C)cc3=O)ccn2)cc1. The zero-order valence-electron chi connectivity index (χ0n) is 19.2. The minimum atomic E-state index is -0.675. The van der Waals surface area contributed by atoms with Gasteiger partial charge in [0.1, 0.15) is 23.0 Å². The largest absolute Gasteiger partial charge is 0.494 e. The number of rotatable bonds is 8. The molecule has 0 radical (unpaired) electrons. The summed E-state index contributed by atoms with van der Waals surface area (Å²) in [6.45, 7) is 4.21. The van der Waals surface area contributed by atoms with Crippen LogP contribution in [0, 0.1) is 12.7 Å². The molecule has 1 amide bonds. The zero-order valence-corrected chi connectivity index (χ0v) is 19.2. The Balaban J connectivity index is 1.47. The maximum Gasteiger partial charge on any atom is 0.276 e. The summed E-state index contributed by atoms with van der Waals surface area (Å²) in [7, 11) is 0. The molecule has 2 aromatic carbocycles. The first-order valence-electron chi connectivity index (χ1n) is 10.9. The lowest BCUT2D eigenvalue weighted by Gasteiger charge is -2.12. The number of para-hydroxylation sites is 1. The lowest BCUT2D eigenvalue weighted by molar-refractivity contribution is 0.0942. The van der Waals surface area contributed by atoms with Gasteiger partial charge in [0.15, 0.2) is 5.69 Å². The molecule has 0 spiro atoms. The maximum atomic E-state index is 14.2. The van der Waals surface area contributed by atoms with Crippen LogP contribution in [0.2, 0.25) is 0 Å². The van der Waals surface area contributed by atoms with Gasteiger partial charge >= 0.3 is 0 Å². The Labute approximate surface area is 201 Å². The highest BCUT2D eigenvalue weighted by atomic mass is 19.1. The quantitative estimate of drug-likeness (QED) is 0.411. The van der Waals surface area contributed by atoms with Crippen LogP contribution < -0.4 is 20.2 Å². The molecule has 0 aliphatic rings. The van der Waals surface area contributed by atoms with Crippen LogP contribution in [0.15, 0.2) is 77.7 Å². The molecule has 4 aromatic rings. The van der Waals surface area contributed by atoms with Crippen LogP contribution in [0.25, 0.3) is 5.69 Å². The van der Waals surface area contributed by atoms with Gasteiger partial charge in [-0.3, -0.25) is 9.59 Å². The Morgan fingerprint density at radius 2 is 1.80 bits per heavy atom. The number of amides is 1. The van der Waals surface area contributed by atoms with Gasteiger partial charge in [0.2, 0.25) is 11.3 Å². The van der Waals surface area contributed by atoms with E-state index in [2.05, 4.69) is 15.4 Å². The molecular weight excluding hydrogens is 451 g/mol. The summed E-state index contributed by atoms with van der Waals surface area (Å²) in [6.07, 6.45) is 1.56. The van der Waals surface area contributed by atoms with Crippen LogP contribution in [0.1, 0.15) is 28.7 Å². The van der Waals surface area contributed by atoms with Crippen molar-refractivity contribution >= 4 is 5.91 Å². The molecule has 35 heavy (non-hydrogen) atoms. The standard InChI is InChI=1S/C26H23FN4O4/c1-3-34-19-8-10-20(11-9-19)35-24-15-18(12-13-28-24)16-29-26(33)25-23(32)14-17(2)31(30-25)22-7-5-4-6-21(22)27/h4-15H,3,16H2,1-2H3,(H,29,33). The Hall–Kier alpha value is -4.53. The van der Waals surface area contributed by atoms with Crippen LogP contribution in [0.3, 0.4) is 0 Å². The minimum Gasteiger partial charge on any atom is -0.494 e. The van der Waals surface area contributed by atoms with Gasteiger partial charge in [-0.1, -0.05) is 12.1 Å². The summed E-state index contributed by atoms with van der Waals surface area (Å²) in [6, 6.07) is 17.8. The molecule has 0 aliphatic carbocycles. The summed E-state index contributed by atoms with van der Waals surface area (Å²) in [5.74, 6) is 0.472. The number of benzene rings is 2. The Morgan fingerprint density at radius 1 is 1.06 bits per heavy atom. The van der Waals surface area contributed by atoms with Gasteiger partial charge in [-0.2, -0.15) is 5.10 Å². The van der Waals surface area contributed by atoms with E-state index < -0.39 is 17.2 Å². The smallest absolute Gasteiger partial charge is 0.276 e. The average molecular weight is 474 g/mol. The van der Waals surface area contributed by atoms with Crippen molar-refractivity contribution in [1.29, 1.82) is 0 Å². The van der Waals surface area contributed by atoms with E-state index in [-0.39, 0.29) is 17.9 Å². The van der Waals surface area contributed by atoms with Gasteiger partial charge in [0.25, 0.3) is 5.91 Å². The molecule has 0 aliphatic heterocycles. The topological polar surface area (TPSA) is 95.3 Å². The molecule has 0 atom stereocenters. The third kappa shape index (κ3) is 5.70. The summed E-state index contributed by atoms with van der Waals surface area (Å²) in [5.41, 5.74) is 0.363. The molecule has 0 unspecified atom stereocenters. The summed E-state index contributed by atoms with van der Waals surface area (Å²) in [5, 5.41) is 6.79. The van der Waals surface area contributed by atoms with Gasteiger partial charge in [-0.05, 0) is 61.9 Å². The van der Waals surface area contributed by atoms with E-state index in [0.717, 1.165) is 5.75 Å². The number of carbonyl (C=O) groups is 1. The highest BCUT2D eigenvalue weighted by molar-refractivity contribution is 5.92. The van der Waals surface area contributed by atoms with Crippen LogP contribution in [0.4, 0.5) is 4.39 Å². The van der Waals surface area contributed by atoms with E-state index in [9.17, 15) is 14.0 Å². The highest BCUT2D eigenvalue weighted by Crippen LogP contribution is 2.23. The van der Waals surface area contributed by atoms with Crippen molar-refractivity contribution in [3.8, 4) is 23.1 Å². The Kier molecular flexibility index (Phi) is 7.15. The minimum absolute atomic E-state index is 0.107. The first-order valence-corrected chi connectivity index (χ1v) is 10.9. The Bertz CT molecular complexity index is 1400. The normalized spacial score (nSPS) is 10.6. The summed E-state index contributed by atoms with van der Waals surface area (Å²) < 4.78 is 26.7. The second kappa shape index (κ2) is 10.6. The molecule has 8 nitrogen and oxygen atoms in total. The molecule has 4 rings (SSSR count). The van der Waals surface area contributed by atoms with Crippen LogP contribution in [0.5, 0.6) is 17.4 Å². The molecular formula is C26H23FN4O4. The van der Waals surface area contributed by atoms with Crippen molar-refractivity contribution in [3.63, 3.8) is 0 Å². The van der Waals surface area contributed by atoms with E-state index in [0.29, 0.717) is 29.5 Å². The highest BCUT2D eigenvalue weighted by Gasteiger charge is 2.16. The first kappa shape index (κ1) is 23.6. The van der Waals surface area contributed by atoms with Crippen molar-refractivity contribution in [2.24, 2.45) is 0 Å². The molecule has 1 N–H and O–H groups in total. The number of aromatic nitrogens is 3. The van der Waals surface area contributed by atoms with Crippen molar-refractivity contribution in [2.75, 3.05) is 6.61 Å². The molecule has 0 saturated heterocycles. The molecule has 0 saturated carbocycles. The molecule has 9 heteroatoms. The third-order valence-corrected chi connectivity index (χ3v) is 5.01. The first-order chi connectivity index (χ1) is 16.9. The van der Waals surface area contributed by atoms with Crippen molar-refractivity contribution in [1.82, 2.24) is 20.1 Å². The predicted molar refractivity (Wildman–Crippen MR) is 128 cm³/mol. The van der Waals surface area contributed by atoms with Crippen molar-refractivity contribution < 1.29 is 18.7 Å². The van der Waals surface area contributed by atoms with Crippen LogP contribution in [-0.2, 0) is 6.54 Å². The lowest BCUT2D eigenvalue weighted by Crippen LogP contribution is -2.31. The third-order valence-electron chi connectivity index (χ3n) is 5.01. The van der Waals surface area contributed by atoms with Crippen LogP contribution >= 0.6 is 0 Å². The zero-order chi connectivity index (χ0) is 24.8. The number of aryl methyl sites for hydroxylation is 1. The molecule has 2 aromatic heterocycles. The van der Waals surface area contributed by atoms with Gasteiger partial charge in [0, 0.05) is 30.6 Å².